The molecule has 1 rings (SSSR count). The van der Waals surface area contributed by atoms with E-state index in [1.54, 1.807) is 18.7 Å². The van der Waals surface area contributed by atoms with Crippen LogP contribution in [0.3, 0.4) is 0 Å². The summed E-state index contributed by atoms with van der Waals surface area (Å²) < 4.78 is 38.8. The largest absolute Gasteiger partial charge is 0.418 e. The van der Waals surface area contributed by atoms with Gasteiger partial charge in [-0.15, -0.1) is 0 Å². The molecule has 2 N–H and O–H groups in total. The number of carbonyl (C=O) groups is 1. The summed E-state index contributed by atoms with van der Waals surface area (Å²) >= 11 is 1.55. The lowest BCUT2D eigenvalue weighted by Crippen LogP contribution is -2.26. The molecule has 0 saturated heterocycles. The van der Waals surface area contributed by atoms with Crippen molar-refractivity contribution in [3.8, 4) is 0 Å². The molecule has 1 aromatic carbocycles. The van der Waals surface area contributed by atoms with E-state index in [1.807, 2.05) is 6.26 Å². The number of halogens is 3. The molecular weight excluding hydrogens is 289 g/mol. The van der Waals surface area contributed by atoms with Crippen molar-refractivity contribution in [2.75, 3.05) is 30.4 Å². The van der Waals surface area contributed by atoms with Crippen LogP contribution < -0.4 is 10.6 Å². The van der Waals surface area contributed by atoms with E-state index in [0.717, 1.165) is 6.07 Å². The van der Waals surface area contributed by atoms with Crippen molar-refractivity contribution >= 4 is 23.4 Å². The summed E-state index contributed by atoms with van der Waals surface area (Å²) in [6.07, 6.45) is -2.60. The molecule has 0 unspecified atom stereocenters. The monoisotopic (exact) mass is 306 g/mol. The Kier molecular flexibility index (Phi) is 6.19. The normalized spacial score (nSPS) is 11.2. The highest BCUT2D eigenvalue weighted by atomic mass is 32.2. The number of alkyl halides is 3. The van der Waals surface area contributed by atoms with Gasteiger partial charge in [-0.1, -0.05) is 0 Å². The summed E-state index contributed by atoms with van der Waals surface area (Å²) in [7, 11) is 0. The van der Waals surface area contributed by atoms with Gasteiger partial charge < -0.3 is 10.6 Å². The third-order valence-corrected chi connectivity index (χ3v) is 3.16. The Bertz CT molecular complexity index is 463. The quantitative estimate of drug-likeness (QED) is 0.793. The predicted molar refractivity (Wildman–Crippen MR) is 76.3 cm³/mol. The van der Waals surface area contributed by atoms with Crippen molar-refractivity contribution in [3.63, 3.8) is 0 Å². The molecule has 20 heavy (non-hydrogen) atoms. The van der Waals surface area contributed by atoms with Crippen LogP contribution >= 0.6 is 11.8 Å². The van der Waals surface area contributed by atoms with Crippen LogP contribution in [-0.2, 0) is 6.18 Å². The van der Waals surface area contributed by atoms with Crippen LogP contribution in [0.5, 0.6) is 0 Å². The molecule has 0 heterocycles. The predicted octanol–water partition coefficient (Wildman–Crippen LogP) is 3.23. The molecule has 112 valence electrons. The number of hydrogen-bond donors (Lipinski definition) is 2. The van der Waals surface area contributed by atoms with E-state index in [-0.39, 0.29) is 11.3 Å². The third kappa shape index (κ3) is 4.63. The van der Waals surface area contributed by atoms with E-state index in [9.17, 15) is 18.0 Å². The highest BCUT2D eigenvalue weighted by Gasteiger charge is 2.34. The van der Waals surface area contributed by atoms with Gasteiger partial charge in [0.25, 0.3) is 5.91 Å². The van der Waals surface area contributed by atoms with E-state index in [0.29, 0.717) is 18.8 Å². The molecule has 7 heteroatoms. The minimum atomic E-state index is -4.49. The summed E-state index contributed by atoms with van der Waals surface area (Å²) in [4.78, 5) is 11.8. The molecule has 0 saturated carbocycles. The zero-order chi connectivity index (χ0) is 15.2. The Morgan fingerprint density at radius 3 is 2.60 bits per heavy atom. The smallest absolute Gasteiger partial charge is 0.385 e. The van der Waals surface area contributed by atoms with Gasteiger partial charge in [0, 0.05) is 30.1 Å². The lowest BCUT2D eigenvalue weighted by Gasteiger charge is -2.15. The maximum absolute atomic E-state index is 12.9. The highest BCUT2D eigenvalue weighted by Crippen LogP contribution is 2.35. The Balaban J connectivity index is 2.97. The molecule has 0 fully saturated rings. The van der Waals surface area contributed by atoms with Gasteiger partial charge in [-0.2, -0.15) is 24.9 Å². The number of anilines is 1. The molecular formula is C13H17F3N2OS. The molecule has 0 atom stereocenters. The average molecular weight is 306 g/mol. The van der Waals surface area contributed by atoms with Crippen LogP contribution in [0.4, 0.5) is 18.9 Å². The molecule has 0 aromatic heterocycles. The Labute approximate surface area is 120 Å². The highest BCUT2D eigenvalue weighted by molar-refractivity contribution is 7.98. The van der Waals surface area contributed by atoms with E-state index < -0.39 is 17.6 Å². The van der Waals surface area contributed by atoms with Crippen LogP contribution in [0.15, 0.2) is 18.2 Å². The summed E-state index contributed by atoms with van der Waals surface area (Å²) in [5, 5.41) is 5.23. The second-order valence-electron chi connectivity index (χ2n) is 4.04. The fourth-order valence-corrected chi connectivity index (χ4v) is 1.94. The lowest BCUT2D eigenvalue weighted by atomic mass is 10.1. The van der Waals surface area contributed by atoms with Crippen molar-refractivity contribution in [2.45, 2.75) is 13.1 Å². The van der Waals surface area contributed by atoms with Gasteiger partial charge in [-0.25, -0.2) is 0 Å². The molecule has 0 aliphatic rings. The number of hydrogen-bond acceptors (Lipinski definition) is 3. The van der Waals surface area contributed by atoms with Gasteiger partial charge in [0.05, 0.1) is 5.56 Å². The summed E-state index contributed by atoms with van der Waals surface area (Å²) in [6.45, 7) is 2.52. The summed E-state index contributed by atoms with van der Waals surface area (Å²) in [6, 6.07) is 3.56. The SMILES string of the molecule is CCNc1ccc(C(=O)NCCSC)cc1C(F)(F)F. The average Bonchev–Trinajstić information content (AvgIpc) is 2.38. The number of rotatable bonds is 6. The first kappa shape index (κ1) is 16.7. The van der Waals surface area contributed by atoms with Crippen molar-refractivity contribution in [2.24, 2.45) is 0 Å². The zero-order valence-electron chi connectivity index (χ0n) is 11.3. The third-order valence-electron chi connectivity index (χ3n) is 2.55. The van der Waals surface area contributed by atoms with Crippen molar-refractivity contribution in [1.29, 1.82) is 0 Å². The van der Waals surface area contributed by atoms with Gasteiger partial charge in [0.2, 0.25) is 0 Å². The van der Waals surface area contributed by atoms with Crippen LogP contribution in [0, 0.1) is 0 Å². The second-order valence-corrected chi connectivity index (χ2v) is 5.02. The molecule has 0 aliphatic heterocycles. The fourth-order valence-electron chi connectivity index (χ4n) is 1.63. The van der Waals surface area contributed by atoms with Crippen molar-refractivity contribution < 1.29 is 18.0 Å². The van der Waals surface area contributed by atoms with Crippen molar-refractivity contribution in [3.05, 3.63) is 29.3 Å². The molecule has 0 aliphatic carbocycles. The van der Waals surface area contributed by atoms with Gasteiger partial charge in [-0.05, 0) is 31.4 Å². The first-order valence-electron chi connectivity index (χ1n) is 6.12. The number of nitrogens with one attached hydrogen (secondary N) is 2. The minimum absolute atomic E-state index is 0.0133. The van der Waals surface area contributed by atoms with Gasteiger partial charge in [0.15, 0.2) is 0 Å². The van der Waals surface area contributed by atoms with E-state index in [4.69, 9.17) is 0 Å². The summed E-state index contributed by atoms with van der Waals surface area (Å²) in [5.74, 6) is 0.223. The molecule has 1 aromatic rings. The Hall–Kier alpha value is -1.37. The van der Waals surface area contributed by atoms with E-state index in [1.165, 1.54) is 12.1 Å². The maximum Gasteiger partial charge on any atom is 0.418 e. The first-order chi connectivity index (χ1) is 9.40. The molecule has 3 nitrogen and oxygen atoms in total. The van der Waals surface area contributed by atoms with E-state index >= 15 is 0 Å². The molecule has 0 spiro atoms. The van der Waals surface area contributed by atoms with E-state index in [2.05, 4.69) is 10.6 Å². The summed E-state index contributed by atoms with van der Waals surface area (Å²) in [5.41, 5.74) is -0.822. The van der Waals surface area contributed by atoms with Gasteiger partial charge in [0.1, 0.15) is 0 Å². The lowest BCUT2D eigenvalue weighted by molar-refractivity contribution is -0.137. The second kappa shape index (κ2) is 7.42. The van der Waals surface area contributed by atoms with Crippen LogP contribution in [-0.4, -0.2) is 31.0 Å². The molecule has 0 radical (unpaired) electrons. The van der Waals surface area contributed by atoms with Gasteiger partial charge >= 0.3 is 6.18 Å². The van der Waals surface area contributed by atoms with Crippen LogP contribution in [0.1, 0.15) is 22.8 Å². The Morgan fingerprint density at radius 1 is 1.35 bits per heavy atom. The number of thioether (sulfide) groups is 1. The topological polar surface area (TPSA) is 41.1 Å². The first-order valence-corrected chi connectivity index (χ1v) is 7.51. The number of amides is 1. The van der Waals surface area contributed by atoms with Crippen LogP contribution in [0.2, 0.25) is 0 Å². The molecule has 1 amide bonds. The maximum atomic E-state index is 12.9. The minimum Gasteiger partial charge on any atom is -0.385 e. The fraction of sp³-hybridized carbons (Fsp3) is 0.462. The molecule has 0 bridgehead atoms. The standard InChI is InChI=1S/C13H17F3N2OS/c1-3-17-11-5-4-9(8-10(11)13(14,15)16)12(19)18-6-7-20-2/h4-5,8,17H,3,6-7H2,1-2H3,(H,18,19). The van der Waals surface area contributed by atoms with Crippen molar-refractivity contribution in [1.82, 2.24) is 5.32 Å². The Morgan fingerprint density at radius 2 is 2.05 bits per heavy atom. The van der Waals surface area contributed by atoms with Gasteiger partial charge in [-0.3, -0.25) is 4.79 Å². The number of carbonyl (C=O) groups excluding carboxylic acids is 1. The van der Waals surface area contributed by atoms with Crippen LogP contribution in [0.25, 0.3) is 0 Å². The zero-order valence-corrected chi connectivity index (χ0v) is 12.1. The number of benzene rings is 1.